The summed E-state index contributed by atoms with van der Waals surface area (Å²) >= 11 is 0. The van der Waals surface area contributed by atoms with Gasteiger partial charge in [-0.1, -0.05) is 39.3 Å². The van der Waals surface area contributed by atoms with E-state index >= 15 is 0 Å². The lowest BCUT2D eigenvalue weighted by Crippen LogP contribution is -2.39. The van der Waals surface area contributed by atoms with E-state index in [2.05, 4.69) is 33.8 Å². The number of hydrogen-bond acceptors (Lipinski definition) is 1. The van der Waals surface area contributed by atoms with Crippen LogP contribution in [0.25, 0.3) is 0 Å². The molecule has 2 aliphatic carbocycles. The first-order valence-electron chi connectivity index (χ1n) is 6.82. The van der Waals surface area contributed by atoms with Gasteiger partial charge in [0.2, 0.25) is 0 Å². The van der Waals surface area contributed by atoms with E-state index in [1.54, 1.807) is 11.6 Å². The van der Waals surface area contributed by atoms with E-state index in [4.69, 9.17) is 0 Å². The van der Waals surface area contributed by atoms with Crippen molar-refractivity contribution in [3.8, 4) is 0 Å². The van der Waals surface area contributed by atoms with Crippen LogP contribution in [0.2, 0.25) is 0 Å². The zero-order valence-corrected chi connectivity index (χ0v) is 11.5. The van der Waals surface area contributed by atoms with Crippen LogP contribution in [0.5, 0.6) is 0 Å². The van der Waals surface area contributed by atoms with Crippen molar-refractivity contribution in [1.82, 2.24) is 0 Å². The summed E-state index contributed by atoms with van der Waals surface area (Å²) in [4.78, 5) is 10.7. The topological polar surface area (TPSA) is 17.1 Å². The second kappa shape index (κ2) is 4.14. The van der Waals surface area contributed by atoms with Crippen LogP contribution in [0.3, 0.4) is 0 Å². The predicted molar refractivity (Wildman–Crippen MR) is 71.4 cm³/mol. The first-order chi connectivity index (χ1) is 7.89. The van der Waals surface area contributed by atoms with Crippen LogP contribution < -0.4 is 0 Å². The van der Waals surface area contributed by atoms with E-state index in [-0.39, 0.29) is 5.41 Å². The lowest BCUT2D eigenvalue weighted by Gasteiger charge is -2.49. The van der Waals surface area contributed by atoms with Crippen LogP contribution >= 0.6 is 0 Å². The summed E-state index contributed by atoms with van der Waals surface area (Å²) < 4.78 is 0. The van der Waals surface area contributed by atoms with Gasteiger partial charge in [-0.2, -0.15) is 0 Å². The fourth-order valence-electron chi connectivity index (χ4n) is 3.67. The van der Waals surface area contributed by atoms with Crippen LogP contribution in [0.1, 0.15) is 53.4 Å². The molecule has 0 amide bonds. The molecule has 0 aromatic heterocycles. The molecule has 1 heteroatoms. The zero-order chi connectivity index (χ0) is 12.7. The van der Waals surface area contributed by atoms with E-state index in [0.717, 1.165) is 6.42 Å². The van der Waals surface area contributed by atoms with Crippen molar-refractivity contribution in [2.24, 2.45) is 22.7 Å². The van der Waals surface area contributed by atoms with Gasteiger partial charge in [-0.05, 0) is 42.9 Å². The molecule has 0 saturated heterocycles. The molecule has 17 heavy (non-hydrogen) atoms. The van der Waals surface area contributed by atoms with Gasteiger partial charge in [-0.15, -0.1) is 0 Å². The molecule has 2 aliphatic rings. The predicted octanol–water partition coefficient (Wildman–Crippen LogP) is 4.17. The van der Waals surface area contributed by atoms with Gasteiger partial charge >= 0.3 is 0 Å². The van der Waals surface area contributed by atoms with Crippen molar-refractivity contribution in [2.45, 2.75) is 53.4 Å². The summed E-state index contributed by atoms with van der Waals surface area (Å²) in [6.07, 6.45) is 9.20. The van der Waals surface area contributed by atoms with Crippen LogP contribution in [-0.2, 0) is 4.79 Å². The molecule has 0 heterocycles. The van der Waals surface area contributed by atoms with Crippen molar-refractivity contribution in [2.75, 3.05) is 0 Å². The maximum Gasteiger partial charge on any atom is 0.120 e. The summed E-state index contributed by atoms with van der Waals surface area (Å²) in [5.41, 5.74) is 2.04. The van der Waals surface area contributed by atoms with Gasteiger partial charge in [-0.3, -0.25) is 0 Å². The Morgan fingerprint density at radius 2 is 2.12 bits per heavy atom. The first-order valence-corrected chi connectivity index (χ1v) is 6.82. The summed E-state index contributed by atoms with van der Waals surface area (Å²) in [6.45, 7) is 9.20. The smallest absolute Gasteiger partial charge is 0.120 e. The number of hydrogen-bond donors (Lipinski definition) is 0. The molecule has 94 valence electrons. The molecule has 1 fully saturated rings. The quantitative estimate of drug-likeness (QED) is 0.490. The molecule has 0 N–H and O–H groups in total. The second-order valence-corrected chi connectivity index (χ2v) is 6.90. The maximum atomic E-state index is 10.7. The molecular formula is C16H24O. The molecule has 0 aliphatic heterocycles. The third kappa shape index (κ3) is 2.13. The molecule has 0 aromatic carbocycles. The van der Waals surface area contributed by atoms with E-state index in [0.29, 0.717) is 17.3 Å². The summed E-state index contributed by atoms with van der Waals surface area (Å²) in [6, 6.07) is 0. The fraction of sp³-hybridized carbons (Fsp3) is 0.750. The lowest BCUT2D eigenvalue weighted by atomic mass is 9.55. The van der Waals surface area contributed by atoms with Gasteiger partial charge in [-0.25, -0.2) is 4.79 Å². The molecule has 1 nitrogen and oxygen atoms in total. The van der Waals surface area contributed by atoms with Crippen molar-refractivity contribution in [1.29, 1.82) is 0 Å². The first kappa shape index (κ1) is 12.6. The van der Waals surface area contributed by atoms with Gasteiger partial charge in [0.1, 0.15) is 5.94 Å². The molecular weight excluding hydrogens is 208 g/mol. The Morgan fingerprint density at radius 3 is 2.76 bits per heavy atom. The third-order valence-electron chi connectivity index (χ3n) is 5.21. The van der Waals surface area contributed by atoms with Crippen molar-refractivity contribution < 1.29 is 4.79 Å². The fourth-order valence-corrected chi connectivity index (χ4v) is 3.67. The van der Waals surface area contributed by atoms with Crippen molar-refractivity contribution >= 4 is 5.94 Å². The number of allylic oxidation sites excluding steroid dienone is 3. The van der Waals surface area contributed by atoms with Crippen LogP contribution in [-0.4, -0.2) is 5.94 Å². The van der Waals surface area contributed by atoms with Gasteiger partial charge in [0, 0.05) is 11.5 Å². The van der Waals surface area contributed by atoms with Crippen molar-refractivity contribution in [3.63, 3.8) is 0 Å². The Balaban J connectivity index is 2.38. The van der Waals surface area contributed by atoms with E-state index < -0.39 is 0 Å². The van der Waals surface area contributed by atoms with E-state index in [1.165, 1.54) is 19.3 Å². The van der Waals surface area contributed by atoms with Crippen molar-refractivity contribution in [3.05, 3.63) is 17.7 Å². The molecule has 0 unspecified atom stereocenters. The molecule has 1 saturated carbocycles. The highest BCUT2D eigenvalue weighted by Gasteiger charge is 2.44. The summed E-state index contributed by atoms with van der Waals surface area (Å²) in [5, 5.41) is 0. The summed E-state index contributed by atoms with van der Waals surface area (Å²) in [5.74, 6) is 3.14. The largest absolute Gasteiger partial charge is 0.234 e. The minimum atomic E-state index is 0.00449. The Labute approximate surface area is 105 Å². The monoisotopic (exact) mass is 232 g/mol. The minimum absolute atomic E-state index is 0.00449. The van der Waals surface area contributed by atoms with Gasteiger partial charge in [0.15, 0.2) is 0 Å². The lowest BCUT2D eigenvalue weighted by molar-refractivity contribution is 0.111. The Kier molecular flexibility index (Phi) is 3.08. The van der Waals surface area contributed by atoms with Gasteiger partial charge < -0.3 is 0 Å². The highest BCUT2D eigenvalue weighted by atomic mass is 16.1. The number of rotatable bonds is 1. The van der Waals surface area contributed by atoms with Gasteiger partial charge in [0.25, 0.3) is 0 Å². The van der Waals surface area contributed by atoms with E-state index in [9.17, 15) is 4.79 Å². The third-order valence-corrected chi connectivity index (χ3v) is 5.21. The van der Waals surface area contributed by atoms with E-state index in [1.807, 2.05) is 5.94 Å². The maximum absolute atomic E-state index is 10.7. The SMILES string of the molecule is C[C@@H]1C=C2CCCC(C)(C)[C@H]2C[C@@]1(C)C=C=O. The molecule has 0 aromatic rings. The minimum Gasteiger partial charge on any atom is -0.234 e. The Morgan fingerprint density at radius 1 is 1.41 bits per heavy atom. The van der Waals surface area contributed by atoms with Gasteiger partial charge in [0.05, 0.1) is 0 Å². The molecule has 0 bridgehead atoms. The Hall–Kier alpha value is -0.810. The molecule has 0 spiro atoms. The Bertz CT molecular complexity index is 384. The number of carbonyl (C=O) groups excluding carboxylic acids is 1. The van der Waals surface area contributed by atoms with Crippen LogP contribution in [0.4, 0.5) is 0 Å². The average molecular weight is 232 g/mol. The molecule has 0 radical (unpaired) electrons. The average Bonchev–Trinajstić information content (AvgIpc) is 2.22. The van der Waals surface area contributed by atoms with Crippen LogP contribution in [0, 0.1) is 22.7 Å². The normalized spacial score (nSPS) is 39.9. The molecule has 3 atom stereocenters. The highest BCUT2D eigenvalue weighted by Crippen LogP contribution is 2.54. The highest BCUT2D eigenvalue weighted by molar-refractivity contribution is 5.48. The zero-order valence-electron chi connectivity index (χ0n) is 11.5. The number of fused-ring (bicyclic) bond motifs is 1. The molecule has 2 rings (SSSR count). The standard InChI is InChI=1S/C16H24O/c1-12-10-13-6-5-7-15(2,3)14(13)11-16(12,4)8-9-17/h8,10,12,14H,5-7,11H2,1-4H3/t12-,14+,16-/m1/s1. The second-order valence-electron chi connectivity index (χ2n) is 6.90. The summed E-state index contributed by atoms with van der Waals surface area (Å²) in [7, 11) is 0. The van der Waals surface area contributed by atoms with Crippen LogP contribution in [0.15, 0.2) is 17.7 Å².